The van der Waals surface area contributed by atoms with Gasteiger partial charge in [-0.1, -0.05) is 278 Å². The Hall–Kier alpha value is -3.93. The van der Waals surface area contributed by atoms with E-state index in [0.717, 1.165) is 128 Å². The van der Waals surface area contributed by atoms with Gasteiger partial charge in [0.25, 0.3) is 0 Å². The Morgan fingerprint density at radius 2 is 0.494 bits per heavy atom. The molecule has 452 valence electrons. The highest BCUT2D eigenvalue weighted by atomic mass is 16.6. The minimum atomic E-state index is -0.791. The normalized spacial score (nSPS) is 12.8. The summed E-state index contributed by atoms with van der Waals surface area (Å²) in [6, 6.07) is 0. The molecule has 0 rings (SSSR count). The van der Waals surface area contributed by atoms with Crippen LogP contribution in [0.3, 0.4) is 0 Å². The van der Waals surface area contributed by atoms with Crippen molar-refractivity contribution in [3.8, 4) is 0 Å². The largest absolute Gasteiger partial charge is 0.462 e. The Balaban J connectivity index is 4.27. The second kappa shape index (κ2) is 66.6. The summed E-state index contributed by atoms with van der Waals surface area (Å²) in [5, 5.41) is 0. The topological polar surface area (TPSA) is 78.9 Å². The van der Waals surface area contributed by atoms with Crippen molar-refractivity contribution in [2.24, 2.45) is 0 Å². The van der Waals surface area contributed by atoms with Crippen molar-refractivity contribution in [2.45, 2.75) is 322 Å². The SMILES string of the molecule is CC/C=C\C/C=C\C/C=C\C/C=C\C/C=C\C/C=C\CCCCCCCCCCCCCCC(=O)OCC(COC(=O)CCCCCCC/C=C\CCCCCCCC)OC(=O)CCCCCCC/C=C\C/C=C\CCCCC. The van der Waals surface area contributed by atoms with E-state index in [0.29, 0.717) is 19.3 Å². The summed E-state index contributed by atoms with van der Waals surface area (Å²) in [5.41, 5.74) is 0. The third-order valence-corrected chi connectivity index (χ3v) is 14.2. The number of hydrogen-bond donors (Lipinski definition) is 0. The number of esters is 3. The van der Waals surface area contributed by atoms with E-state index in [2.05, 4.69) is 130 Å². The summed E-state index contributed by atoms with van der Waals surface area (Å²) in [6.07, 6.45) is 91.0. The van der Waals surface area contributed by atoms with Crippen LogP contribution in [0.4, 0.5) is 0 Å². The molecule has 0 aromatic carbocycles. The van der Waals surface area contributed by atoms with Crippen LogP contribution in [0.25, 0.3) is 0 Å². The minimum absolute atomic E-state index is 0.0864. The number of unbranched alkanes of at least 4 members (excludes halogenated alkanes) is 31. The third kappa shape index (κ3) is 64.8. The second-order valence-electron chi connectivity index (χ2n) is 22.0. The van der Waals surface area contributed by atoms with E-state index in [9.17, 15) is 14.4 Å². The maximum absolute atomic E-state index is 12.9. The highest BCUT2D eigenvalue weighted by Gasteiger charge is 2.19. The molecule has 0 aliphatic carbocycles. The molecular formula is C73H124O6. The van der Waals surface area contributed by atoms with Crippen LogP contribution < -0.4 is 0 Å². The van der Waals surface area contributed by atoms with Gasteiger partial charge in [-0.25, -0.2) is 0 Å². The zero-order chi connectivity index (χ0) is 57.1. The number of rotatable bonds is 60. The maximum atomic E-state index is 12.9. The van der Waals surface area contributed by atoms with Crippen LogP contribution in [0, 0.1) is 0 Å². The van der Waals surface area contributed by atoms with Crippen molar-refractivity contribution in [3.63, 3.8) is 0 Å². The zero-order valence-electron chi connectivity index (χ0n) is 51.9. The van der Waals surface area contributed by atoms with Gasteiger partial charge in [-0.15, -0.1) is 0 Å². The standard InChI is InChI=1S/C73H124O6/c1-4-7-10-13-16-19-22-25-28-29-30-31-32-33-34-35-36-37-38-39-40-41-42-43-46-48-51-54-57-60-63-66-72(75)78-69-70(79-73(76)67-64-61-58-55-52-49-45-27-24-21-18-15-12-9-6-3)68-77-71(74)65-62-59-56-53-50-47-44-26-23-20-17-14-11-8-5-2/h7,10,16,18-19,21,25-28,30-31,33-34,36-37,44-45,70H,4-6,8-9,11-15,17,20,22-24,29,32,35,38-43,46-69H2,1-3H3/b10-7-,19-16-,21-18-,28-25-,31-30-,34-33-,37-36-,44-26-,45-27-. The number of carbonyl (C=O) groups is 3. The van der Waals surface area contributed by atoms with Gasteiger partial charge in [0.15, 0.2) is 6.10 Å². The van der Waals surface area contributed by atoms with Gasteiger partial charge in [0.1, 0.15) is 13.2 Å². The van der Waals surface area contributed by atoms with Gasteiger partial charge in [-0.2, -0.15) is 0 Å². The molecule has 0 saturated carbocycles. The average Bonchev–Trinajstić information content (AvgIpc) is 3.45. The van der Waals surface area contributed by atoms with Gasteiger partial charge in [-0.3, -0.25) is 14.4 Å². The molecule has 79 heavy (non-hydrogen) atoms. The van der Waals surface area contributed by atoms with Crippen LogP contribution in [0.5, 0.6) is 0 Å². The number of hydrogen-bond acceptors (Lipinski definition) is 6. The fraction of sp³-hybridized carbons (Fsp3) is 0.712. The predicted octanol–water partition coefficient (Wildman–Crippen LogP) is 23.0. The Morgan fingerprint density at radius 3 is 0.810 bits per heavy atom. The molecule has 0 spiro atoms. The molecule has 6 heteroatoms. The van der Waals surface area contributed by atoms with Crippen LogP contribution in [0.15, 0.2) is 109 Å². The first kappa shape index (κ1) is 75.1. The third-order valence-electron chi connectivity index (χ3n) is 14.2. The lowest BCUT2D eigenvalue weighted by Gasteiger charge is -2.18. The van der Waals surface area contributed by atoms with Crippen molar-refractivity contribution < 1.29 is 28.6 Å². The van der Waals surface area contributed by atoms with E-state index in [1.807, 2.05) is 0 Å². The van der Waals surface area contributed by atoms with E-state index in [4.69, 9.17) is 14.2 Å². The fourth-order valence-electron chi connectivity index (χ4n) is 9.24. The lowest BCUT2D eigenvalue weighted by atomic mass is 10.0. The molecular weight excluding hydrogens is 973 g/mol. The molecule has 0 aromatic heterocycles. The number of allylic oxidation sites excluding steroid dienone is 18. The molecule has 0 N–H and O–H groups in total. The molecule has 0 heterocycles. The molecule has 0 aliphatic rings. The summed E-state index contributed by atoms with van der Waals surface area (Å²) >= 11 is 0. The zero-order valence-corrected chi connectivity index (χ0v) is 51.9. The maximum Gasteiger partial charge on any atom is 0.306 e. The second-order valence-corrected chi connectivity index (χ2v) is 22.0. The van der Waals surface area contributed by atoms with Gasteiger partial charge in [-0.05, 0) is 128 Å². The van der Waals surface area contributed by atoms with Crippen molar-refractivity contribution in [2.75, 3.05) is 13.2 Å². The van der Waals surface area contributed by atoms with Crippen LogP contribution in [0.2, 0.25) is 0 Å². The molecule has 6 nitrogen and oxygen atoms in total. The van der Waals surface area contributed by atoms with Gasteiger partial charge in [0.05, 0.1) is 0 Å². The first-order valence-corrected chi connectivity index (χ1v) is 33.4. The Labute approximate surface area is 489 Å². The summed E-state index contributed by atoms with van der Waals surface area (Å²) < 4.78 is 16.9. The Kier molecular flexibility index (Phi) is 63.3. The molecule has 0 aromatic rings. The molecule has 0 saturated heterocycles. The van der Waals surface area contributed by atoms with E-state index in [-0.39, 0.29) is 31.1 Å². The first-order valence-electron chi connectivity index (χ1n) is 33.4. The Morgan fingerprint density at radius 1 is 0.266 bits per heavy atom. The lowest BCUT2D eigenvalue weighted by Crippen LogP contribution is -2.30. The number of carbonyl (C=O) groups excluding carboxylic acids is 3. The average molecular weight is 1100 g/mol. The number of ether oxygens (including phenoxy) is 3. The first-order chi connectivity index (χ1) is 39.0. The van der Waals surface area contributed by atoms with Crippen LogP contribution in [-0.2, 0) is 28.6 Å². The van der Waals surface area contributed by atoms with Crippen molar-refractivity contribution in [1.29, 1.82) is 0 Å². The summed E-state index contributed by atoms with van der Waals surface area (Å²) in [4.78, 5) is 38.3. The highest BCUT2D eigenvalue weighted by Crippen LogP contribution is 2.16. The quantitative estimate of drug-likeness (QED) is 0.0261. The van der Waals surface area contributed by atoms with Crippen molar-refractivity contribution in [1.82, 2.24) is 0 Å². The van der Waals surface area contributed by atoms with E-state index in [1.54, 1.807) is 0 Å². The van der Waals surface area contributed by atoms with E-state index < -0.39 is 6.10 Å². The summed E-state index contributed by atoms with van der Waals surface area (Å²) in [6.45, 7) is 6.50. The molecule has 0 aliphatic heterocycles. The Bertz CT molecular complexity index is 1590. The van der Waals surface area contributed by atoms with Crippen LogP contribution in [-0.4, -0.2) is 37.2 Å². The van der Waals surface area contributed by atoms with Gasteiger partial charge >= 0.3 is 17.9 Å². The van der Waals surface area contributed by atoms with Gasteiger partial charge in [0, 0.05) is 19.3 Å². The predicted molar refractivity (Wildman–Crippen MR) is 343 cm³/mol. The summed E-state index contributed by atoms with van der Waals surface area (Å²) in [7, 11) is 0. The molecule has 1 unspecified atom stereocenters. The minimum Gasteiger partial charge on any atom is -0.462 e. The van der Waals surface area contributed by atoms with Crippen LogP contribution >= 0.6 is 0 Å². The molecule has 1 atom stereocenters. The van der Waals surface area contributed by atoms with Crippen LogP contribution in [0.1, 0.15) is 316 Å². The van der Waals surface area contributed by atoms with Crippen molar-refractivity contribution >= 4 is 17.9 Å². The fourth-order valence-corrected chi connectivity index (χ4v) is 9.24. The lowest BCUT2D eigenvalue weighted by molar-refractivity contribution is -0.167. The summed E-state index contributed by atoms with van der Waals surface area (Å²) in [5.74, 6) is -0.901. The monoisotopic (exact) mass is 1100 g/mol. The molecule has 0 fully saturated rings. The smallest absolute Gasteiger partial charge is 0.306 e. The molecule has 0 radical (unpaired) electrons. The van der Waals surface area contributed by atoms with Gasteiger partial charge < -0.3 is 14.2 Å². The van der Waals surface area contributed by atoms with E-state index in [1.165, 1.54) is 148 Å². The van der Waals surface area contributed by atoms with Gasteiger partial charge in [0.2, 0.25) is 0 Å². The van der Waals surface area contributed by atoms with E-state index >= 15 is 0 Å². The molecule has 0 amide bonds. The molecule has 0 bridgehead atoms. The van der Waals surface area contributed by atoms with Crippen molar-refractivity contribution in [3.05, 3.63) is 109 Å². The highest BCUT2D eigenvalue weighted by molar-refractivity contribution is 5.71.